The Morgan fingerprint density at radius 1 is 1.05 bits per heavy atom. The average molecular weight is 314 g/mol. The molecule has 8 heteroatoms. The molecular formula is C11H22O6S2. The number of carbonyl (C=O) groups is 1. The molecule has 1 N–H and O–H groups in total. The van der Waals surface area contributed by atoms with Gasteiger partial charge >= 0.3 is 5.97 Å². The fraction of sp³-hybridized carbons (Fsp3) is 0.909. The highest BCUT2D eigenvalue weighted by atomic mass is 32.2. The van der Waals surface area contributed by atoms with Gasteiger partial charge in [0.1, 0.15) is 9.84 Å². The Bertz CT molecular complexity index is 538. The van der Waals surface area contributed by atoms with E-state index in [0.717, 1.165) is 12.5 Å². The summed E-state index contributed by atoms with van der Waals surface area (Å²) >= 11 is 0. The molecule has 1 unspecified atom stereocenters. The van der Waals surface area contributed by atoms with E-state index in [1.807, 2.05) is 0 Å². The molecule has 0 radical (unpaired) electrons. The van der Waals surface area contributed by atoms with Crippen LogP contribution in [0.1, 0.15) is 33.6 Å². The largest absolute Gasteiger partial charge is 0.480 e. The molecule has 0 rings (SSSR count). The monoisotopic (exact) mass is 314 g/mol. The van der Waals surface area contributed by atoms with E-state index in [9.17, 15) is 26.7 Å². The van der Waals surface area contributed by atoms with E-state index in [0.29, 0.717) is 0 Å². The Hall–Kier alpha value is -0.630. The summed E-state index contributed by atoms with van der Waals surface area (Å²) in [6.07, 6.45) is 1.69. The summed E-state index contributed by atoms with van der Waals surface area (Å²) in [5.74, 6) is -1.66. The number of rotatable bonds is 6. The highest BCUT2D eigenvalue weighted by Gasteiger charge is 2.56. The number of carboxylic acid groups (broad SMARTS) is 1. The third kappa shape index (κ3) is 4.17. The van der Waals surface area contributed by atoms with Crippen LogP contribution in [0.3, 0.4) is 0 Å². The van der Waals surface area contributed by atoms with Crippen LogP contribution in [0.2, 0.25) is 0 Å². The molecule has 6 nitrogen and oxygen atoms in total. The van der Waals surface area contributed by atoms with E-state index in [4.69, 9.17) is 0 Å². The van der Waals surface area contributed by atoms with Crippen LogP contribution in [0.4, 0.5) is 0 Å². The van der Waals surface area contributed by atoms with Crippen LogP contribution in [-0.2, 0) is 24.5 Å². The van der Waals surface area contributed by atoms with Crippen molar-refractivity contribution in [1.82, 2.24) is 0 Å². The molecule has 0 bridgehead atoms. The SMILES string of the molecule is CC(C)(C)C(CCCS(C)(=O)=O)(C(=O)O)S(C)(=O)=O. The molecule has 0 saturated heterocycles. The van der Waals surface area contributed by atoms with Gasteiger partial charge in [0.15, 0.2) is 14.6 Å². The molecule has 0 amide bonds. The lowest BCUT2D eigenvalue weighted by Gasteiger charge is -2.39. The predicted octanol–water partition coefficient (Wildman–Crippen LogP) is 0.725. The molecule has 114 valence electrons. The second kappa shape index (κ2) is 5.40. The summed E-state index contributed by atoms with van der Waals surface area (Å²) in [6, 6.07) is 0. The molecule has 0 aromatic rings. The van der Waals surface area contributed by atoms with E-state index >= 15 is 0 Å². The summed E-state index contributed by atoms with van der Waals surface area (Å²) in [6.45, 7) is 4.59. The summed E-state index contributed by atoms with van der Waals surface area (Å²) in [7, 11) is -7.15. The van der Waals surface area contributed by atoms with Crippen LogP contribution in [0.25, 0.3) is 0 Å². The van der Waals surface area contributed by atoms with Crippen LogP contribution >= 0.6 is 0 Å². The predicted molar refractivity (Wildman–Crippen MR) is 73.6 cm³/mol. The minimum absolute atomic E-state index is 0.00449. The number of hydrogen-bond acceptors (Lipinski definition) is 5. The maximum atomic E-state index is 12.0. The zero-order valence-corrected chi connectivity index (χ0v) is 13.6. The minimum atomic E-state index is -3.90. The van der Waals surface area contributed by atoms with Crippen molar-refractivity contribution in [3.05, 3.63) is 0 Å². The quantitative estimate of drug-likeness (QED) is 0.774. The third-order valence-corrected chi connectivity index (χ3v) is 6.52. The summed E-state index contributed by atoms with van der Waals surface area (Å²) < 4.78 is 44.1. The molecular weight excluding hydrogens is 292 g/mol. The van der Waals surface area contributed by atoms with Crippen LogP contribution in [0, 0.1) is 5.41 Å². The van der Waals surface area contributed by atoms with Gasteiger partial charge in [0, 0.05) is 18.3 Å². The smallest absolute Gasteiger partial charge is 0.325 e. The molecule has 0 spiro atoms. The van der Waals surface area contributed by atoms with Gasteiger partial charge in [0.2, 0.25) is 0 Å². The first-order chi connectivity index (χ1) is 8.15. The van der Waals surface area contributed by atoms with E-state index in [-0.39, 0.29) is 18.6 Å². The lowest BCUT2D eigenvalue weighted by Crippen LogP contribution is -2.55. The molecule has 0 fully saturated rings. The Balaban J connectivity index is 5.61. The lowest BCUT2D eigenvalue weighted by molar-refractivity contribution is -0.143. The first kappa shape index (κ1) is 18.4. The van der Waals surface area contributed by atoms with E-state index in [1.165, 1.54) is 20.8 Å². The maximum Gasteiger partial charge on any atom is 0.325 e. The summed E-state index contributed by atoms with van der Waals surface area (Å²) in [4.78, 5) is 11.5. The molecule has 19 heavy (non-hydrogen) atoms. The Morgan fingerprint density at radius 2 is 1.47 bits per heavy atom. The number of carboxylic acids is 1. The first-order valence-electron chi connectivity index (χ1n) is 5.76. The van der Waals surface area contributed by atoms with E-state index in [2.05, 4.69) is 0 Å². The standard InChI is InChI=1S/C11H22O6S2/c1-10(2,3)11(9(12)13,19(5,16)17)7-6-8-18(4,14)15/h6-8H2,1-5H3,(H,12,13). The van der Waals surface area contributed by atoms with Crippen molar-refractivity contribution in [2.24, 2.45) is 5.41 Å². The van der Waals surface area contributed by atoms with Crippen molar-refractivity contribution in [2.45, 2.75) is 38.4 Å². The van der Waals surface area contributed by atoms with Gasteiger partial charge in [-0.15, -0.1) is 0 Å². The molecule has 0 aromatic heterocycles. The second-order valence-electron chi connectivity index (χ2n) is 5.89. The minimum Gasteiger partial charge on any atom is -0.480 e. The average Bonchev–Trinajstić information content (AvgIpc) is 2.04. The van der Waals surface area contributed by atoms with E-state index < -0.39 is 35.8 Å². The van der Waals surface area contributed by atoms with Crippen LogP contribution in [-0.4, -0.2) is 50.9 Å². The van der Waals surface area contributed by atoms with Gasteiger partial charge in [-0.05, 0) is 18.3 Å². The summed E-state index contributed by atoms with van der Waals surface area (Å²) in [5.41, 5.74) is -1.04. The van der Waals surface area contributed by atoms with Crippen molar-refractivity contribution in [3.63, 3.8) is 0 Å². The van der Waals surface area contributed by atoms with Crippen LogP contribution in [0.5, 0.6) is 0 Å². The zero-order valence-electron chi connectivity index (χ0n) is 11.9. The van der Waals surface area contributed by atoms with Gasteiger partial charge in [-0.25, -0.2) is 16.8 Å². The van der Waals surface area contributed by atoms with Gasteiger partial charge in [-0.3, -0.25) is 4.79 Å². The molecule has 0 saturated carbocycles. The van der Waals surface area contributed by atoms with Gasteiger partial charge in [0.05, 0.1) is 0 Å². The molecule has 0 aliphatic heterocycles. The molecule has 0 aliphatic carbocycles. The van der Waals surface area contributed by atoms with Crippen molar-refractivity contribution in [1.29, 1.82) is 0 Å². The molecule has 1 atom stereocenters. The topological polar surface area (TPSA) is 106 Å². The molecule has 0 aromatic carbocycles. The maximum absolute atomic E-state index is 12.0. The second-order valence-corrected chi connectivity index (χ2v) is 10.4. The number of hydrogen-bond donors (Lipinski definition) is 1. The number of aliphatic carboxylic acids is 1. The normalized spacial score (nSPS) is 16.9. The fourth-order valence-electron chi connectivity index (χ4n) is 2.29. The Morgan fingerprint density at radius 3 is 1.68 bits per heavy atom. The van der Waals surface area contributed by atoms with Crippen molar-refractivity contribution in [2.75, 3.05) is 18.3 Å². The van der Waals surface area contributed by atoms with Crippen LogP contribution in [0.15, 0.2) is 0 Å². The van der Waals surface area contributed by atoms with Crippen molar-refractivity contribution >= 4 is 25.6 Å². The zero-order chi connectivity index (χ0) is 15.7. The van der Waals surface area contributed by atoms with Crippen molar-refractivity contribution < 1.29 is 26.7 Å². The molecule has 0 heterocycles. The summed E-state index contributed by atoms with van der Waals surface area (Å²) in [5, 5.41) is 9.40. The number of sulfone groups is 2. The van der Waals surface area contributed by atoms with Crippen LogP contribution < -0.4 is 0 Å². The fourth-order valence-corrected chi connectivity index (χ4v) is 4.90. The van der Waals surface area contributed by atoms with Gasteiger partial charge in [0.25, 0.3) is 0 Å². The van der Waals surface area contributed by atoms with Gasteiger partial charge < -0.3 is 5.11 Å². The van der Waals surface area contributed by atoms with Gasteiger partial charge in [-0.2, -0.15) is 0 Å². The highest BCUT2D eigenvalue weighted by molar-refractivity contribution is 7.93. The highest BCUT2D eigenvalue weighted by Crippen LogP contribution is 2.41. The lowest BCUT2D eigenvalue weighted by atomic mass is 9.77. The molecule has 0 aliphatic rings. The van der Waals surface area contributed by atoms with Gasteiger partial charge in [-0.1, -0.05) is 20.8 Å². The van der Waals surface area contributed by atoms with E-state index in [1.54, 1.807) is 0 Å². The van der Waals surface area contributed by atoms with Crippen molar-refractivity contribution in [3.8, 4) is 0 Å². The third-order valence-electron chi connectivity index (χ3n) is 3.23. The first-order valence-corrected chi connectivity index (χ1v) is 9.71. The Kier molecular flexibility index (Phi) is 5.22. The Labute approximate surface area is 115 Å².